The number of aldehydes is 1. The summed E-state index contributed by atoms with van der Waals surface area (Å²) in [6, 6.07) is 0. The second-order valence-corrected chi connectivity index (χ2v) is 4.77. The monoisotopic (exact) mass is 228 g/mol. The lowest BCUT2D eigenvalue weighted by molar-refractivity contribution is -0.117. The molecular weight excluding hydrogens is 208 g/mol. The Morgan fingerprint density at radius 3 is 2.75 bits per heavy atom. The largest absolute Gasteiger partial charge is 0.371 e. The molecule has 0 amide bonds. The fourth-order valence-electron chi connectivity index (χ4n) is 2.59. The molecule has 0 N–H and O–H groups in total. The molecule has 92 valence electrons. The number of methoxy groups -OCH3 is 1. The molecule has 2 aliphatic heterocycles. The maximum Gasteiger partial charge on any atom is 0.186 e. The topological polar surface area (TPSA) is 48.1 Å². The van der Waals surface area contributed by atoms with Gasteiger partial charge in [-0.3, -0.25) is 0 Å². The van der Waals surface area contributed by atoms with Gasteiger partial charge in [-0.25, -0.2) is 0 Å². The predicted octanol–water partition coefficient (Wildman–Crippen LogP) is 1.38. The minimum absolute atomic E-state index is 0.0137. The van der Waals surface area contributed by atoms with Crippen LogP contribution in [0.15, 0.2) is 0 Å². The summed E-state index contributed by atoms with van der Waals surface area (Å²) in [5.74, 6) is 0.432. The molecule has 0 unspecified atom stereocenters. The summed E-state index contributed by atoms with van der Waals surface area (Å²) in [5, 5.41) is 0. The third-order valence-corrected chi connectivity index (χ3v) is 3.65. The van der Waals surface area contributed by atoms with E-state index >= 15 is 0 Å². The molecule has 16 heavy (non-hydrogen) atoms. The van der Waals surface area contributed by atoms with Crippen molar-refractivity contribution in [1.29, 1.82) is 0 Å². The van der Waals surface area contributed by atoms with Crippen LogP contribution in [0.3, 0.4) is 0 Å². The van der Waals surface area contributed by atoms with Crippen molar-refractivity contribution in [3.05, 3.63) is 0 Å². The minimum atomic E-state index is -0.104. The lowest BCUT2D eigenvalue weighted by Crippen LogP contribution is -2.27. The third-order valence-electron chi connectivity index (χ3n) is 3.65. The molecule has 0 radical (unpaired) electrons. The van der Waals surface area contributed by atoms with Gasteiger partial charge < -0.3 is 19.0 Å². The van der Waals surface area contributed by atoms with Crippen LogP contribution in [0, 0.1) is 11.8 Å². The highest BCUT2D eigenvalue weighted by Crippen LogP contribution is 2.39. The summed E-state index contributed by atoms with van der Waals surface area (Å²) in [5.41, 5.74) is 0. The molecular formula is C12H20O4. The highest BCUT2D eigenvalue weighted by molar-refractivity contribution is 5.54. The first-order chi connectivity index (χ1) is 7.71. The van der Waals surface area contributed by atoms with Crippen molar-refractivity contribution in [2.75, 3.05) is 7.11 Å². The summed E-state index contributed by atoms with van der Waals surface area (Å²) in [4.78, 5) is 10.9. The van der Waals surface area contributed by atoms with Crippen LogP contribution in [0.25, 0.3) is 0 Å². The Hall–Kier alpha value is -0.450. The molecule has 4 heteroatoms. The highest BCUT2D eigenvalue weighted by atomic mass is 16.8. The van der Waals surface area contributed by atoms with E-state index in [-0.39, 0.29) is 30.5 Å². The Labute approximate surface area is 96.2 Å². The average Bonchev–Trinajstić information content (AvgIpc) is 2.99. The number of hydrogen-bond acceptors (Lipinski definition) is 4. The molecule has 0 bridgehead atoms. The second-order valence-electron chi connectivity index (χ2n) is 4.77. The Bertz CT molecular complexity index is 255. The minimum Gasteiger partial charge on any atom is -0.371 e. The molecule has 0 aromatic heterocycles. The van der Waals surface area contributed by atoms with Crippen molar-refractivity contribution in [3.8, 4) is 0 Å². The maximum absolute atomic E-state index is 10.9. The van der Waals surface area contributed by atoms with Crippen molar-refractivity contribution in [2.24, 2.45) is 11.8 Å². The molecule has 2 rings (SSSR count). The number of carbonyl (C=O) groups is 1. The number of hydrogen-bond donors (Lipinski definition) is 0. The van der Waals surface area contributed by atoms with E-state index in [0.29, 0.717) is 5.92 Å². The molecule has 4 nitrogen and oxygen atoms in total. The molecule has 2 aliphatic rings. The van der Waals surface area contributed by atoms with E-state index in [0.717, 1.165) is 19.1 Å². The van der Waals surface area contributed by atoms with E-state index in [1.165, 1.54) is 0 Å². The third kappa shape index (κ3) is 2.14. The summed E-state index contributed by atoms with van der Waals surface area (Å²) in [6.45, 7) is 4.16. The van der Waals surface area contributed by atoms with Crippen molar-refractivity contribution in [3.63, 3.8) is 0 Å². The van der Waals surface area contributed by atoms with Crippen molar-refractivity contribution in [1.82, 2.24) is 0 Å². The highest BCUT2D eigenvalue weighted by Gasteiger charge is 2.51. The Morgan fingerprint density at radius 2 is 2.25 bits per heavy atom. The fraction of sp³-hybridized carbons (Fsp3) is 0.917. The summed E-state index contributed by atoms with van der Waals surface area (Å²) < 4.78 is 16.4. The summed E-state index contributed by atoms with van der Waals surface area (Å²) in [6.07, 6.45) is 2.93. The number of rotatable bonds is 5. The predicted molar refractivity (Wildman–Crippen MR) is 58.0 cm³/mol. The number of ether oxygens (including phenoxy) is 3. The molecule has 2 fully saturated rings. The van der Waals surface area contributed by atoms with Gasteiger partial charge in [0.25, 0.3) is 0 Å². The first-order valence-electron chi connectivity index (χ1n) is 6.00. The van der Waals surface area contributed by atoms with Crippen LogP contribution in [0.4, 0.5) is 0 Å². The quantitative estimate of drug-likeness (QED) is 0.527. The van der Waals surface area contributed by atoms with Crippen molar-refractivity contribution in [2.45, 2.75) is 51.3 Å². The van der Waals surface area contributed by atoms with E-state index in [4.69, 9.17) is 14.2 Å². The molecule has 0 aromatic rings. The van der Waals surface area contributed by atoms with Gasteiger partial charge in [-0.1, -0.05) is 13.8 Å². The van der Waals surface area contributed by atoms with Gasteiger partial charge in [-0.2, -0.15) is 0 Å². The number of epoxide rings is 1. The molecule has 0 spiro atoms. The zero-order chi connectivity index (χ0) is 11.7. The van der Waals surface area contributed by atoms with Gasteiger partial charge in [0.1, 0.15) is 12.4 Å². The molecule has 0 saturated carbocycles. The van der Waals surface area contributed by atoms with E-state index in [9.17, 15) is 4.79 Å². The summed E-state index contributed by atoms with van der Waals surface area (Å²) >= 11 is 0. The molecule has 0 aliphatic carbocycles. The van der Waals surface area contributed by atoms with Gasteiger partial charge in [0.2, 0.25) is 0 Å². The van der Waals surface area contributed by atoms with E-state index in [2.05, 4.69) is 6.92 Å². The van der Waals surface area contributed by atoms with Gasteiger partial charge in [0.15, 0.2) is 6.29 Å². The van der Waals surface area contributed by atoms with Crippen LogP contribution in [-0.2, 0) is 19.0 Å². The Morgan fingerprint density at radius 1 is 1.50 bits per heavy atom. The first-order valence-corrected chi connectivity index (χ1v) is 6.00. The molecule has 0 aromatic carbocycles. The Balaban J connectivity index is 1.91. The number of carbonyl (C=O) groups excluding carboxylic acids is 1. The van der Waals surface area contributed by atoms with Crippen LogP contribution in [0.2, 0.25) is 0 Å². The van der Waals surface area contributed by atoms with Crippen LogP contribution in [0.1, 0.15) is 26.7 Å². The van der Waals surface area contributed by atoms with Crippen molar-refractivity contribution < 1.29 is 19.0 Å². The lowest BCUT2D eigenvalue weighted by Gasteiger charge is -2.20. The van der Waals surface area contributed by atoms with Gasteiger partial charge in [-0.15, -0.1) is 0 Å². The molecule has 6 atom stereocenters. The van der Waals surface area contributed by atoms with Crippen LogP contribution in [0.5, 0.6) is 0 Å². The summed E-state index contributed by atoms with van der Waals surface area (Å²) in [7, 11) is 1.64. The average molecular weight is 228 g/mol. The smallest absolute Gasteiger partial charge is 0.186 e. The van der Waals surface area contributed by atoms with Gasteiger partial charge in [0, 0.05) is 13.0 Å². The second kappa shape index (κ2) is 4.82. The SMILES string of the molecule is CC[C@H](C=O)[C@H]1O[C@H]([C@H]2O[C@@H]2OC)C[C@@H]1C. The lowest BCUT2D eigenvalue weighted by atomic mass is 9.90. The van der Waals surface area contributed by atoms with E-state index in [1.54, 1.807) is 7.11 Å². The van der Waals surface area contributed by atoms with E-state index in [1.807, 2.05) is 6.92 Å². The van der Waals surface area contributed by atoms with Crippen molar-refractivity contribution >= 4 is 6.29 Å². The van der Waals surface area contributed by atoms with Crippen LogP contribution < -0.4 is 0 Å². The Kier molecular flexibility index (Phi) is 3.62. The van der Waals surface area contributed by atoms with Gasteiger partial charge >= 0.3 is 0 Å². The normalized spacial score (nSPS) is 44.3. The zero-order valence-electron chi connectivity index (χ0n) is 10.1. The van der Waals surface area contributed by atoms with Crippen LogP contribution in [-0.4, -0.2) is 38.0 Å². The van der Waals surface area contributed by atoms with E-state index < -0.39 is 0 Å². The standard InChI is InChI=1S/C12H20O4/c1-4-8(6-13)10-7(2)5-9(15-10)11-12(14-3)16-11/h6-12H,4-5H2,1-3H3/t7-,8+,9-,10-,11+,12-/m0/s1. The maximum atomic E-state index is 10.9. The first kappa shape index (κ1) is 12.0. The van der Waals surface area contributed by atoms with Crippen LogP contribution >= 0.6 is 0 Å². The van der Waals surface area contributed by atoms with Gasteiger partial charge in [0.05, 0.1) is 12.2 Å². The molecule has 2 heterocycles. The fourth-order valence-corrected chi connectivity index (χ4v) is 2.59. The van der Waals surface area contributed by atoms with Gasteiger partial charge in [-0.05, 0) is 18.8 Å². The molecule has 2 saturated heterocycles. The zero-order valence-corrected chi connectivity index (χ0v) is 10.1.